The number of halogens is 2. The number of para-hydroxylation sites is 1. The fourth-order valence-corrected chi connectivity index (χ4v) is 2.17. The number of nitrogens with one attached hydrogen (secondary N) is 1. The highest BCUT2D eigenvalue weighted by Crippen LogP contribution is 2.33. The number of nitrogen functional groups attached to an aromatic ring is 1. The maximum atomic E-state index is 11.6. The third-order valence-corrected chi connectivity index (χ3v) is 3.32. The van der Waals surface area contributed by atoms with E-state index in [0.717, 1.165) is 0 Å². The van der Waals surface area contributed by atoms with Crippen LogP contribution in [0.2, 0.25) is 10.0 Å². The van der Waals surface area contributed by atoms with Gasteiger partial charge in [-0.1, -0.05) is 29.3 Å². The highest BCUT2D eigenvalue weighted by molar-refractivity contribution is 6.39. The second kappa shape index (κ2) is 6.03. The third kappa shape index (κ3) is 2.98. The summed E-state index contributed by atoms with van der Waals surface area (Å²) >= 11 is 12.2. The first-order valence-electron chi connectivity index (χ1n) is 5.72. The average molecular weight is 311 g/mol. The van der Waals surface area contributed by atoms with E-state index in [9.17, 15) is 4.79 Å². The van der Waals surface area contributed by atoms with E-state index >= 15 is 0 Å². The summed E-state index contributed by atoms with van der Waals surface area (Å²) in [6.45, 7) is 0. The Hall–Kier alpha value is -1.91. The smallest absolute Gasteiger partial charge is 0.340 e. The van der Waals surface area contributed by atoms with Crippen molar-refractivity contribution in [1.29, 1.82) is 0 Å². The zero-order valence-electron chi connectivity index (χ0n) is 10.6. The van der Waals surface area contributed by atoms with Crippen molar-refractivity contribution >= 4 is 46.2 Å². The van der Waals surface area contributed by atoms with E-state index in [-0.39, 0.29) is 5.56 Å². The second-order valence-electron chi connectivity index (χ2n) is 4.02. The highest BCUT2D eigenvalue weighted by atomic mass is 35.5. The van der Waals surface area contributed by atoms with Crippen molar-refractivity contribution in [2.24, 2.45) is 0 Å². The first-order valence-corrected chi connectivity index (χ1v) is 6.47. The average Bonchev–Trinajstić information content (AvgIpc) is 2.44. The molecular formula is C14H12Cl2N2O2. The van der Waals surface area contributed by atoms with E-state index in [1.165, 1.54) is 7.11 Å². The van der Waals surface area contributed by atoms with Gasteiger partial charge in [-0.25, -0.2) is 4.79 Å². The third-order valence-electron chi connectivity index (χ3n) is 2.69. The summed E-state index contributed by atoms with van der Waals surface area (Å²) < 4.78 is 4.67. The van der Waals surface area contributed by atoms with E-state index in [0.29, 0.717) is 27.1 Å². The number of carbonyl (C=O) groups is 1. The van der Waals surface area contributed by atoms with Gasteiger partial charge in [0.15, 0.2) is 0 Å². The minimum absolute atomic E-state index is 0.278. The van der Waals surface area contributed by atoms with Crippen molar-refractivity contribution < 1.29 is 9.53 Å². The molecule has 2 aromatic rings. The van der Waals surface area contributed by atoms with Crippen LogP contribution in [-0.2, 0) is 4.74 Å². The number of hydrogen-bond donors (Lipinski definition) is 2. The molecule has 2 rings (SSSR count). The van der Waals surface area contributed by atoms with Crippen molar-refractivity contribution in [2.45, 2.75) is 0 Å². The predicted molar refractivity (Wildman–Crippen MR) is 81.9 cm³/mol. The van der Waals surface area contributed by atoms with Crippen molar-refractivity contribution in [3.63, 3.8) is 0 Å². The van der Waals surface area contributed by atoms with Gasteiger partial charge in [0, 0.05) is 11.4 Å². The largest absolute Gasteiger partial charge is 0.465 e. The van der Waals surface area contributed by atoms with Crippen molar-refractivity contribution in [2.75, 3.05) is 18.2 Å². The van der Waals surface area contributed by atoms with Gasteiger partial charge >= 0.3 is 5.97 Å². The Morgan fingerprint density at radius 2 is 1.85 bits per heavy atom. The number of carbonyl (C=O) groups excluding carboxylic acids is 1. The number of rotatable bonds is 3. The van der Waals surface area contributed by atoms with Crippen LogP contribution < -0.4 is 11.1 Å². The van der Waals surface area contributed by atoms with Gasteiger partial charge in [-0.3, -0.25) is 0 Å². The number of methoxy groups -OCH3 is 1. The molecule has 0 aliphatic carbocycles. The summed E-state index contributed by atoms with van der Waals surface area (Å²) in [5, 5.41) is 4.02. The first kappa shape index (κ1) is 14.5. The van der Waals surface area contributed by atoms with E-state index in [4.69, 9.17) is 28.9 Å². The Bertz CT molecular complexity index is 639. The molecule has 4 nitrogen and oxygen atoms in total. The quantitative estimate of drug-likeness (QED) is 0.661. The van der Waals surface area contributed by atoms with E-state index in [1.807, 2.05) is 0 Å². The molecule has 0 fully saturated rings. The molecule has 3 N–H and O–H groups in total. The van der Waals surface area contributed by atoms with Gasteiger partial charge in [-0.2, -0.15) is 0 Å². The Kier molecular flexibility index (Phi) is 4.37. The van der Waals surface area contributed by atoms with Crippen LogP contribution in [0.1, 0.15) is 10.4 Å². The van der Waals surface area contributed by atoms with E-state index in [1.54, 1.807) is 36.4 Å². The van der Waals surface area contributed by atoms with Gasteiger partial charge < -0.3 is 15.8 Å². The molecule has 0 unspecified atom stereocenters. The lowest BCUT2D eigenvalue weighted by molar-refractivity contribution is 0.0602. The van der Waals surface area contributed by atoms with Crippen LogP contribution in [0.3, 0.4) is 0 Å². The Morgan fingerprint density at radius 3 is 2.45 bits per heavy atom. The SMILES string of the molecule is COC(=O)c1cc(Nc2c(Cl)cccc2Cl)ccc1N. The molecule has 0 amide bonds. The molecule has 0 heterocycles. The monoisotopic (exact) mass is 310 g/mol. The zero-order chi connectivity index (χ0) is 14.7. The van der Waals surface area contributed by atoms with E-state index < -0.39 is 5.97 Å². The molecule has 2 aromatic carbocycles. The van der Waals surface area contributed by atoms with Gasteiger partial charge in [0.1, 0.15) is 0 Å². The normalized spacial score (nSPS) is 10.2. The van der Waals surface area contributed by atoms with E-state index in [2.05, 4.69) is 10.1 Å². The molecule has 0 atom stereocenters. The number of benzene rings is 2. The summed E-state index contributed by atoms with van der Waals surface area (Å²) in [6, 6.07) is 10.1. The summed E-state index contributed by atoms with van der Waals surface area (Å²) in [5.74, 6) is -0.503. The molecule has 6 heteroatoms. The van der Waals surface area contributed by atoms with Crippen LogP contribution in [0, 0.1) is 0 Å². The minimum atomic E-state index is -0.503. The van der Waals surface area contributed by atoms with Gasteiger partial charge in [0.25, 0.3) is 0 Å². The van der Waals surface area contributed by atoms with Gasteiger partial charge in [-0.05, 0) is 30.3 Å². The predicted octanol–water partition coefficient (Wildman–Crippen LogP) is 4.11. The van der Waals surface area contributed by atoms with Gasteiger partial charge in [0.05, 0.1) is 28.4 Å². The Morgan fingerprint density at radius 1 is 1.20 bits per heavy atom. The molecule has 104 valence electrons. The number of ether oxygens (including phenoxy) is 1. The molecule has 0 saturated heterocycles. The summed E-state index contributed by atoms with van der Waals surface area (Å²) in [4.78, 5) is 11.6. The first-order chi connectivity index (χ1) is 9.52. The number of esters is 1. The molecule has 0 aliphatic heterocycles. The van der Waals surface area contributed by atoms with Crippen molar-refractivity contribution in [3.8, 4) is 0 Å². The maximum Gasteiger partial charge on any atom is 0.340 e. The van der Waals surface area contributed by atoms with Crippen molar-refractivity contribution in [1.82, 2.24) is 0 Å². The molecule has 0 radical (unpaired) electrons. The maximum absolute atomic E-state index is 11.6. The summed E-state index contributed by atoms with van der Waals surface area (Å²) in [5.41, 5.74) is 7.56. The molecule has 0 bridgehead atoms. The fraction of sp³-hybridized carbons (Fsp3) is 0.0714. The van der Waals surface area contributed by atoms with Crippen LogP contribution in [0.15, 0.2) is 36.4 Å². The van der Waals surface area contributed by atoms with Gasteiger partial charge in [-0.15, -0.1) is 0 Å². The zero-order valence-corrected chi connectivity index (χ0v) is 12.1. The number of hydrogen-bond acceptors (Lipinski definition) is 4. The van der Waals surface area contributed by atoms with Gasteiger partial charge in [0.2, 0.25) is 0 Å². The molecule has 0 saturated carbocycles. The van der Waals surface area contributed by atoms with Crippen LogP contribution in [0.5, 0.6) is 0 Å². The minimum Gasteiger partial charge on any atom is -0.465 e. The van der Waals surface area contributed by atoms with Crippen LogP contribution in [0.25, 0.3) is 0 Å². The van der Waals surface area contributed by atoms with Crippen molar-refractivity contribution in [3.05, 3.63) is 52.0 Å². The molecule has 20 heavy (non-hydrogen) atoms. The van der Waals surface area contributed by atoms with Crippen LogP contribution >= 0.6 is 23.2 Å². The second-order valence-corrected chi connectivity index (χ2v) is 4.83. The Labute approximate surface area is 126 Å². The lowest BCUT2D eigenvalue weighted by Gasteiger charge is -2.12. The summed E-state index contributed by atoms with van der Waals surface area (Å²) in [6.07, 6.45) is 0. The van der Waals surface area contributed by atoms with Crippen LogP contribution in [-0.4, -0.2) is 13.1 Å². The lowest BCUT2D eigenvalue weighted by atomic mass is 10.1. The molecular weight excluding hydrogens is 299 g/mol. The summed E-state index contributed by atoms with van der Waals surface area (Å²) in [7, 11) is 1.30. The molecule has 0 spiro atoms. The molecule has 0 aromatic heterocycles. The lowest BCUT2D eigenvalue weighted by Crippen LogP contribution is -2.06. The standard InChI is InChI=1S/C14H12Cl2N2O2/c1-20-14(19)9-7-8(5-6-12(9)17)18-13-10(15)3-2-4-11(13)16/h2-7,18H,17H2,1H3. The number of anilines is 3. The highest BCUT2D eigenvalue weighted by Gasteiger charge is 2.12. The molecule has 0 aliphatic rings. The fourth-order valence-electron chi connectivity index (χ4n) is 1.68. The topological polar surface area (TPSA) is 64.3 Å². The number of nitrogens with two attached hydrogens (primary N) is 1. The Balaban J connectivity index is 2.37. The van der Waals surface area contributed by atoms with Crippen LogP contribution in [0.4, 0.5) is 17.1 Å².